The molecule has 1 aromatic heterocycles. The van der Waals surface area contributed by atoms with Gasteiger partial charge in [0.15, 0.2) is 5.96 Å². The van der Waals surface area contributed by atoms with Gasteiger partial charge in [0.05, 0.1) is 12.2 Å². The van der Waals surface area contributed by atoms with Gasteiger partial charge in [0.25, 0.3) is 0 Å². The number of benzene rings is 1. The van der Waals surface area contributed by atoms with Crippen molar-refractivity contribution < 1.29 is 9.32 Å². The molecular formula is C23H35N5O2. The van der Waals surface area contributed by atoms with Crippen molar-refractivity contribution in [2.24, 2.45) is 10.9 Å². The van der Waals surface area contributed by atoms with Gasteiger partial charge in [0.2, 0.25) is 5.91 Å². The van der Waals surface area contributed by atoms with E-state index in [-0.39, 0.29) is 11.8 Å². The molecule has 164 valence electrons. The van der Waals surface area contributed by atoms with E-state index in [4.69, 9.17) is 9.52 Å². The Morgan fingerprint density at radius 2 is 1.97 bits per heavy atom. The van der Waals surface area contributed by atoms with Crippen molar-refractivity contribution in [3.63, 3.8) is 0 Å². The second-order valence-electron chi connectivity index (χ2n) is 7.29. The average Bonchev–Trinajstić information content (AvgIpc) is 3.17. The zero-order chi connectivity index (χ0) is 21.9. The standard InChI is InChI=1S/C23H35N5O2/c1-6-16(5)22(29)27-18-12-10-11-17(13-18)14-25-23(24-9-4)26-15-19-20(7-2)28-30-21(19)8-3/h10-13,16H,6-9,14-15H2,1-5H3,(H,27,29)(H2,24,25,26). The van der Waals surface area contributed by atoms with E-state index in [1.165, 1.54) is 0 Å². The first-order valence-electron chi connectivity index (χ1n) is 10.9. The molecule has 0 aliphatic heterocycles. The fourth-order valence-corrected chi connectivity index (χ4v) is 3.02. The van der Waals surface area contributed by atoms with Crippen molar-refractivity contribution in [2.45, 2.75) is 67.0 Å². The van der Waals surface area contributed by atoms with Crippen LogP contribution in [0.15, 0.2) is 33.8 Å². The molecule has 0 saturated heterocycles. The van der Waals surface area contributed by atoms with Gasteiger partial charge in [-0.15, -0.1) is 0 Å². The van der Waals surface area contributed by atoms with Crippen LogP contribution in [0, 0.1) is 5.92 Å². The van der Waals surface area contributed by atoms with Crippen molar-refractivity contribution >= 4 is 17.6 Å². The minimum Gasteiger partial charge on any atom is -0.361 e. The number of aryl methyl sites for hydroxylation is 2. The molecule has 2 rings (SSSR count). The van der Waals surface area contributed by atoms with Gasteiger partial charge >= 0.3 is 0 Å². The van der Waals surface area contributed by atoms with Gasteiger partial charge in [-0.1, -0.05) is 45.0 Å². The number of rotatable bonds is 10. The maximum atomic E-state index is 12.1. The normalized spacial score (nSPS) is 12.5. The molecule has 0 saturated carbocycles. The quantitative estimate of drug-likeness (QED) is 0.404. The van der Waals surface area contributed by atoms with E-state index >= 15 is 0 Å². The molecule has 0 fully saturated rings. The first-order valence-corrected chi connectivity index (χ1v) is 10.9. The molecule has 1 aromatic carbocycles. The van der Waals surface area contributed by atoms with E-state index in [1.807, 2.05) is 45.0 Å². The summed E-state index contributed by atoms with van der Waals surface area (Å²) in [6, 6.07) is 7.82. The van der Waals surface area contributed by atoms with Gasteiger partial charge in [0.1, 0.15) is 5.76 Å². The Morgan fingerprint density at radius 3 is 2.63 bits per heavy atom. The molecule has 1 heterocycles. The predicted octanol–water partition coefficient (Wildman–Crippen LogP) is 4.04. The van der Waals surface area contributed by atoms with Gasteiger partial charge < -0.3 is 20.5 Å². The van der Waals surface area contributed by atoms with Gasteiger partial charge in [0, 0.05) is 36.7 Å². The number of nitrogens with one attached hydrogen (secondary N) is 3. The Bertz CT molecular complexity index is 822. The summed E-state index contributed by atoms with van der Waals surface area (Å²) in [5, 5.41) is 13.8. The van der Waals surface area contributed by atoms with Crippen LogP contribution < -0.4 is 16.0 Å². The molecule has 1 unspecified atom stereocenters. The van der Waals surface area contributed by atoms with Gasteiger partial charge in [-0.05, 0) is 37.5 Å². The number of hydrogen-bond acceptors (Lipinski definition) is 4. The highest BCUT2D eigenvalue weighted by Crippen LogP contribution is 2.16. The summed E-state index contributed by atoms with van der Waals surface area (Å²) >= 11 is 0. The highest BCUT2D eigenvalue weighted by Gasteiger charge is 2.14. The molecule has 30 heavy (non-hydrogen) atoms. The van der Waals surface area contributed by atoms with Crippen molar-refractivity contribution in [3.8, 4) is 0 Å². The van der Waals surface area contributed by atoms with Crippen LogP contribution in [0.2, 0.25) is 0 Å². The van der Waals surface area contributed by atoms with Crippen LogP contribution in [-0.2, 0) is 30.7 Å². The van der Waals surface area contributed by atoms with Crippen molar-refractivity contribution in [1.29, 1.82) is 0 Å². The lowest BCUT2D eigenvalue weighted by Gasteiger charge is -2.13. The second-order valence-corrected chi connectivity index (χ2v) is 7.29. The van der Waals surface area contributed by atoms with Crippen LogP contribution in [-0.4, -0.2) is 23.6 Å². The smallest absolute Gasteiger partial charge is 0.227 e. The third-order valence-corrected chi connectivity index (χ3v) is 5.06. The molecule has 0 radical (unpaired) electrons. The number of carbonyl (C=O) groups excluding carboxylic acids is 1. The number of anilines is 1. The van der Waals surface area contributed by atoms with E-state index in [9.17, 15) is 4.79 Å². The minimum absolute atomic E-state index is 0.00494. The third-order valence-electron chi connectivity index (χ3n) is 5.06. The Morgan fingerprint density at radius 1 is 1.17 bits per heavy atom. The zero-order valence-electron chi connectivity index (χ0n) is 18.8. The summed E-state index contributed by atoms with van der Waals surface area (Å²) in [7, 11) is 0. The van der Waals surface area contributed by atoms with E-state index in [1.54, 1.807) is 0 Å². The first kappa shape index (κ1) is 23.4. The number of aliphatic imine (C=N–C) groups is 1. The minimum atomic E-state index is -0.00494. The largest absolute Gasteiger partial charge is 0.361 e. The number of amides is 1. The fraction of sp³-hybridized carbons (Fsp3) is 0.522. The predicted molar refractivity (Wildman–Crippen MR) is 121 cm³/mol. The Balaban J connectivity index is 2.05. The van der Waals surface area contributed by atoms with Crippen LogP contribution in [0.4, 0.5) is 5.69 Å². The molecule has 3 N–H and O–H groups in total. The highest BCUT2D eigenvalue weighted by atomic mass is 16.5. The summed E-state index contributed by atoms with van der Waals surface area (Å²) in [4.78, 5) is 16.8. The van der Waals surface area contributed by atoms with E-state index in [0.717, 1.165) is 60.0 Å². The summed E-state index contributed by atoms with van der Waals surface area (Å²) in [5.41, 5.74) is 3.93. The van der Waals surface area contributed by atoms with Crippen molar-refractivity contribution in [2.75, 3.05) is 11.9 Å². The van der Waals surface area contributed by atoms with Gasteiger partial charge in [-0.2, -0.15) is 0 Å². The molecule has 0 aliphatic rings. The molecule has 1 atom stereocenters. The Hall–Kier alpha value is -2.83. The van der Waals surface area contributed by atoms with Crippen molar-refractivity contribution in [3.05, 3.63) is 46.8 Å². The second kappa shape index (κ2) is 12.0. The molecule has 7 heteroatoms. The monoisotopic (exact) mass is 413 g/mol. The zero-order valence-corrected chi connectivity index (χ0v) is 18.8. The number of guanidine groups is 1. The van der Waals surface area contributed by atoms with E-state index in [0.29, 0.717) is 13.1 Å². The maximum absolute atomic E-state index is 12.1. The SMILES string of the molecule is CCNC(=NCc1cccc(NC(=O)C(C)CC)c1)NCc1c(CC)noc1CC. The number of carbonyl (C=O) groups is 1. The first-order chi connectivity index (χ1) is 14.5. The summed E-state index contributed by atoms with van der Waals surface area (Å²) in [6.07, 6.45) is 2.47. The van der Waals surface area contributed by atoms with Crippen molar-refractivity contribution in [1.82, 2.24) is 15.8 Å². The van der Waals surface area contributed by atoms with Gasteiger partial charge in [-0.3, -0.25) is 4.79 Å². The molecule has 0 spiro atoms. The molecule has 1 amide bonds. The van der Waals surface area contributed by atoms with Crippen LogP contribution in [0.25, 0.3) is 0 Å². The summed E-state index contributed by atoms with van der Waals surface area (Å²) < 4.78 is 5.44. The maximum Gasteiger partial charge on any atom is 0.227 e. The van der Waals surface area contributed by atoms with Crippen LogP contribution in [0.5, 0.6) is 0 Å². The number of hydrogen-bond donors (Lipinski definition) is 3. The highest BCUT2D eigenvalue weighted by molar-refractivity contribution is 5.92. The average molecular weight is 414 g/mol. The molecular weight excluding hydrogens is 378 g/mol. The van der Waals surface area contributed by atoms with Crippen LogP contribution >= 0.6 is 0 Å². The topological polar surface area (TPSA) is 91.5 Å². The number of aromatic nitrogens is 1. The Labute approximate surface area is 179 Å². The lowest BCUT2D eigenvalue weighted by molar-refractivity contribution is -0.119. The molecule has 0 aliphatic carbocycles. The van der Waals surface area contributed by atoms with Crippen LogP contribution in [0.1, 0.15) is 63.6 Å². The Kier molecular flexibility index (Phi) is 9.38. The summed E-state index contributed by atoms with van der Waals surface area (Å²) in [6.45, 7) is 12.0. The van der Waals surface area contributed by atoms with Gasteiger partial charge in [-0.25, -0.2) is 4.99 Å². The lowest BCUT2D eigenvalue weighted by Crippen LogP contribution is -2.37. The van der Waals surface area contributed by atoms with Crippen LogP contribution in [0.3, 0.4) is 0 Å². The fourth-order valence-electron chi connectivity index (χ4n) is 3.02. The van der Waals surface area contributed by atoms with E-state index in [2.05, 4.69) is 35.0 Å². The molecule has 7 nitrogen and oxygen atoms in total. The van der Waals surface area contributed by atoms with E-state index < -0.39 is 0 Å². The molecule has 2 aromatic rings. The number of nitrogens with zero attached hydrogens (tertiary/aromatic N) is 2. The molecule has 0 bridgehead atoms. The lowest BCUT2D eigenvalue weighted by atomic mass is 10.1. The third kappa shape index (κ3) is 6.61. The summed E-state index contributed by atoms with van der Waals surface area (Å²) in [5.74, 6) is 1.69.